The first-order valence-corrected chi connectivity index (χ1v) is 24.8. The molecule has 6 atom stereocenters. The van der Waals surface area contributed by atoms with Crippen LogP contribution < -0.4 is 0 Å². The van der Waals surface area contributed by atoms with Crippen LogP contribution >= 0.6 is 16.5 Å². The largest absolute Gasteiger partial charge is 0.0649 e. The van der Waals surface area contributed by atoms with E-state index in [2.05, 4.69) is 48.5 Å². The van der Waals surface area contributed by atoms with Crippen LogP contribution in [0.3, 0.4) is 0 Å². The van der Waals surface area contributed by atoms with Gasteiger partial charge in [-0.2, -0.15) is 0 Å². The van der Waals surface area contributed by atoms with Gasteiger partial charge < -0.3 is 0 Å². The molecule has 10 heterocycles. The molecule has 0 bridgehead atoms. The molecule has 2 saturated carbocycles. The third-order valence-corrected chi connectivity index (χ3v) is 78.0. The van der Waals surface area contributed by atoms with Gasteiger partial charge in [-0.15, -0.1) is 0 Å². The molecule has 200 valence electrons. The van der Waals surface area contributed by atoms with Crippen molar-refractivity contribution in [3.63, 3.8) is 0 Å². The second-order valence-corrected chi connectivity index (χ2v) is 49.6. The van der Waals surface area contributed by atoms with Gasteiger partial charge in [-0.05, 0) is 5.41 Å². The molecule has 0 radical (unpaired) electrons. The normalized spacial score (nSPS) is 73.6. The van der Waals surface area contributed by atoms with Crippen LogP contribution in [0.5, 0.6) is 0 Å². The summed E-state index contributed by atoms with van der Waals surface area (Å²) in [6.07, 6.45) is 17.7. The summed E-state index contributed by atoms with van der Waals surface area (Å²) in [5.74, 6) is 0. The van der Waals surface area contributed by atoms with Crippen molar-refractivity contribution < 1.29 is 6.51 Å². The monoisotopic (exact) mass is 556 g/mol. The van der Waals surface area contributed by atoms with Crippen molar-refractivity contribution >= 4 is 16.5 Å². The van der Waals surface area contributed by atoms with Crippen LogP contribution in [0, 0.1) is 5.41 Å². The Kier molecular flexibility index (Phi) is 1.90. The first-order valence-electron chi connectivity index (χ1n) is 16.1. The summed E-state index contributed by atoms with van der Waals surface area (Å²) in [5, 5.41) is 0.644. The number of rotatable bonds is 4. The Morgan fingerprint density at radius 2 is 1.11 bits per heavy atom. The van der Waals surface area contributed by atoms with E-state index in [4.69, 9.17) is 0 Å². The van der Waals surface area contributed by atoms with Gasteiger partial charge in [0.15, 0.2) is 0 Å². The summed E-state index contributed by atoms with van der Waals surface area (Å²) in [6, 6.07) is 0. The quantitative estimate of drug-likeness (QED) is 0.239. The van der Waals surface area contributed by atoms with Crippen molar-refractivity contribution in [2.45, 2.75) is 182 Å². The molecule has 0 aromatic heterocycles. The third kappa shape index (κ3) is 0.551. The van der Waals surface area contributed by atoms with Gasteiger partial charge in [-0.1, -0.05) is 34.1 Å². The fourth-order valence-corrected chi connectivity index (χ4v) is 128. The summed E-state index contributed by atoms with van der Waals surface area (Å²) in [6.45, 7) is 13.7. The molecule has 35 heavy (non-hydrogen) atoms. The van der Waals surface area contributed by atoms with Gasteiger partial charge in [0.1, 0.15) is 0 Å². The van der Waals surface area contributed by atoms with Crippen LogP contribution in [0.2, 0.25) is 38.5 Å². The second-order valence-electron chi connectivity index (χ2n) is 20.0. The van der Waals surface area contributed by atoms with Gasteiger partial charge in [0, 0.05) is 0 Å². The van der Waals surface area contributed by atoms with Gasteiger partial charge in [-0.3, -0.25) is 0 Å². The van der Waals surface area contributed by atoms with Crippen molar-refractivity contribution in [3.8, 4) is 0 Å². The molecule has 12 aliphatic rings. The number of hydrogen-bond donors (Lipinski definition) is 0. The Hall–Kier alpha value is 1.38. The van der Waals surface area contributed by atoms with Crippen LogP contribution in [0.4, 0.5) is 0 Å². The zero-order valence-corrected chi connectivity index (χ0v) is 26.9. The zero-order chi connectivity index (χ0) is 24.2. The van der Waals surface area contributed by atoms with E-state index in [1.807, 2.05) is 0 Å². The Morgan fingerprint density at radius 1 is 0.686 bits per heavy atom. The fraction of sp³-hybridized carbons (Fsp3) is 1.00. The van der Waals surface area contributed by atoms with E-state index in [1.165, 1.54) is 64.1 Å². The topological polar surface area (TPSA) is 0 Å². The van der Waals surface area contributed by atoms with Crippen LogP contribution in [-0.4, -0.2) is 24.6 Å². The zero-order valence-electron chi connectivity index (χ0n) is 23.9. The standard InChI is InChI=1S/C21H35P2.C6H14.C5H5.Fe/c1-21(2,3)22-19-15-10-16-20(19)23(17-11-6-4-7-12-17)18-13-8-5-9-14-18;1-5-6(2,3)4;1-2-4-5-3-1;/h10,15-18,22H,4-9,11-14H2,1-3H3;5H2,1-4H3;1-5H;. The Bertz CT molecular complexity index is 1360. The predicted octanol–water partition coefficient (Wildman–Crippen LogP) is 11.3. The van der Waals surface area contributed by atoms with Crippen LogP contribution in [0.25, 0.3) is 0 Å². The molecule has 10 aliphatic heterocycles. The summed E-state index contributed by atoms with van der Waals surface area (Å²) in [7, 11) is 1.81. The van der Waals surface area contributed by atoms with Gasteiger partial charge in [-0.25, -0.2) is 0 Å². The average molecular weight is 557 g/mol. The van der Waals surface area contributed by atoms with Gasteiger partial charge in [0.05, 0.1) is 0 Å². The summed E-state index contributed by atoms with van der Waals surface area (Å²) in [5.41, 5.74) is 3.08. The minimum atomic E-state index is -3.22. The first kappa shape index (κ1) is 21.2. The van der Waals surface area contributed by atoms with Gasteiger partial charge in [0.25, 0.3) is 0 Å². The molecule has 0 nitrogen and oxygen atoms in total. The molecule has 12 fully saturated rings. The van der Waals surface area contributed by atoms with E-state index in [1.54, 1.807) is 69.0 Å². The molecule has 0 amide bonds. The maximum Gasteiger partial charge on any atom is -0.0385 e. The van der Waals surface area contributed by atoms with Crippen molar-refractivity contribution in [2.24, 2.45) is 5.41 Å². The molecule has 2 aliphatic carbocycles. The molecular formula is C32H54FeP2. The average Bonchev–Trinajstić information content (AvgIpc) is 3.76. The molecule has 5 unspecified atom stereocenters. The SMILES string of the molecule is CC(C)(C)P[C@]12[CH]3[CH]4[CH]5[C]1(P(C1CCCCC1)C1CCCCC1)[Fe]45321678[CH]2[CH]1[CH]6[CH]7[CH]28.CCC(C)(C)C. The van der Waals surface area contributed by atoms with Gasteiger partial charge in [0.2, 0.25) is 0 Å². The minimum Gasteiger partial charge on any atom is -0.0649 e. The van der Waals surface area contributed by atoms with Crippen LogP contribution in [0.15, 0.2) is 0 Å². The molecule has 12 rings (SSSR count). The van der Waals surface area contributed by atoms with E-state index in [9.17, 15) is 0 Å². The molecular weight excluding hydrogens is 502 g/mol. The smallest absolute Gasteiger partial charge is 0.0385 e. The van der Waals surface area contributed by atoms with E-state index in [-0.39, 0.29) is 0 Å². The molecule has 0 aromatic carbocycles. The minimum absolute atomic E-state index is 0.391. The summed E-state index contributed by atoms with van der Waals surface area (Å²) in [4.78, 5) is 12.3. The van der Waals surface area contributed by atoms with Crippen molar-refractivity contribution in [3.05, 3.63) is 0 Å². The van der Waals surface area contributed by atoms with Gasteiger partial charge >= 0.3 is 171 Å². The second kappa shape index (κ2) is 3.14. The summed E-state index contributed by atoms with van der Waals surface area (Å²) >= 11 is 0. The molecule has 3 heteroatoms. The Labute approximate surface area is 209 Å². The predicted molar refractivity (Wildman–Crippen MR) is 154 cm³/mol. The third-order valence-electron chi connectivity index (χ3n) is 20.7. The van der Waals surface area contributed by atoms with E-state index in [0.29, 0.717) is 18.5 Å². The fourth-order valence-electron chi connectivity index (χ4n) is 21.6. The Morgan fingerprint density at radius 3 is 1.43 bits per heavy atom. The van der Waals surface area contributed by atoms with Crippen molar-refractivity contribution in [1.29, 1.82) is 0 Å². The number of fused-ring (bicyclic) bond motifs is 10. The van der Waals surface area contributed by atoms with Crippen molar-refractivity contribution in [2.75, 3.05) is 0 Å². The van der Waals surface area contributed by atoms with Crippen molar-refractivity contribution in [1.82, 2.24) is 0 Å². The molecule has 0 aromatic rings. The Balaban J connectivity index is 0.000000256. The molecule has 1 spiro atoms. The maximum atomic E-state index is 2.68. The van der Waals surface area contributed by atoms with Crippen LogP contribution in [-0.2, 0) is 6.51 Å². The first-order chi connectivity index (χ1) is 16.3. The summed E-state index contributed by atoms with van der Waals surface area (Å²) < 4.78 is 2.36. The molecule has 10 saturated heterocycles. The van der Waals surface area contributed by atoms with Crippen LogP contribution in [0.1, 0.15) is 119 Å². The number of hydrogen-bond acceptors (Lipinski definition) is 0. The molecule has 0 N–H and O–H groups in total. The van der Waals surface area contributed by atoms with E-state index >= 15 is 0 Å². The van der Waals surface area contributed by atoms with E-state index in [0.717, 1.165) is 4.05 Å². The maximum absolute atomic E-state index is 3.22. The van der Waals surface area contributed by atoms with E-state index < -0.39 is 6.51 Å².